The lowest BCUT2D eigenvalue weighted by Crippen LogP contribution is -2.43. The molecule has 1 aliphatic rings. The van der Waals surface area contributed by atoms with Gasteiger partial charge in [0.25, 0.3) is 5.91 Å². The number of sulfonamides is 1. The number of carbonyl (C=O) groups excluding carboxylic acids is 2. The van der Waals surface area contributed by atoms with Crippen molar-refractivity contribution in [2.45, 2.75) is 24.2 Å². The molecule has 1 saturated heterocycles. The maximum absolute atomic E-state index is 13.2. The highest BCUT2D eigenvalue weighted by Gasteiger charge is 2.33. The minimum Gasteiger partial charge on any atom is -0.385 e. The summed E-state index contributed by atoms with van der Waals surface area (Å²) in [4.78, 5) is 25.5. The molecule has 1 atom stereocenters. The van der Waals surface area contributed by atoms with Crippen molar-refractivity contribution in [2.75, 3.05) is 38.7 Å². The van der Waals surface area contributed by atoms with Gasteiger partial charge in [-0.1, -0.05) is 12.1 Å². The summed E-state index contributed by atoms with van der Waals surface area (Å²) < 4.78 is 45.3. The first-order valence-corrected chi connectivity index (χ1v) is 12.2. The van der Waals surface area contributed by atoms with Gasteiger partial charge in [0.1, 0.15) is 5.82 Å². The number of methoxy groups -OCH3 is 1. The first kappa shape index (κ1) is 24.8. The molecule has 0 bridgehead atoms. The summed E-state index contributed by atoms with van der Waals surface area (Å²) >= 11 is 0. The van der Waals surface area contributed by atoms with E-state index in [1.807, 2.05) is 0 Å². The molecule has 8 nitrogen and oxygen atoms in total. The number of ether oxygens (including phenoxy) is 1. The second-order valence-corrected chi connectivity index (χ2v) is 9.73. The van der Waals surface area contributed by atoms with Crippen molar-refractivity contribution < 1.29 is 27.1 Å². The van der Waals surface area contributed by atoms with Crippen molar-refractivity contribution in [3.05, 3.63) is 59.9 Å². The molecule has 1 aliphatic heterocycles. The quantitative estimate of drug-likeness (QED) is 0.541. The normalized spacial score (nSPS) is 16.8. The van der Waals surface area contributed by atoms with Gasteiger partial charge >= 0.3 is 0 Å². The Bertz CT molecular complexity index is 1080. The summed E-state index contributed by atoms with van der Waals surface area (Å²) in [5, 5.41) is 5.58. The van der Waals surface area contributed by atoms with Gasteiger partial charge in [0.2, 0.25) is 15.9 Å². The zero-order valence-electron chi connectivity index (χ0n) is 18.4. The van der Waals surface area contributed by atoms with Crippen molar-refractivity contribution >= 4 is 27.5 Å². The van der Waals surface area contributed by atoms with Crippen LogP contribution in [-0.4, -0.2) is 57.9 Å². The van der Waals surface area contributed by atoms with E-state index in [2.05, 4.69) is 10.6 Å². The molecule has 0 spiro atoms. The van der Waals surface area contributed by atoms with E-state index in [0.717, 1.165) is 12.1 Å². The predicted octanol–water partition coefficient (Wildman–Crippen LogP) is 2.63. The Morgan fingerprint density at radius 1 is 1.15 bits per heavy atom. The number of rotatable bonds is 9. The van der Waals surface area contributed by atoms with Crippen LogP contribution in [0.3, 0.4) is 0 Å². The molecule has 2 aromatic carbocycles. The molecular formula is C23H28FN3O5S. The number of piperidine rings is 1. The summed E-state index contributed by atoms with van der Waals surface area (Å²) in [5.41, 5.74) is 0.695. The van der Waals surface area contributed by atoms with Crippen LogP contribution in [0.25, 0.3) is 0 Å². The lowest BCUT2D eigenvalue weighted by atomic mass is 9.98. The van der Waals surface area contributed by atoms with E-state index in [1.165, 1.54) is 16.4 Å². The number of amides is 2. The number of nitrogens with one attached hydrogen (secondary N) is 2. The van der Waals surface area contributed by atoms with E-state index in [4.69, 9.17) is 4.74 Å². The highest BCUT2D eigenvalue weighted by molar-refractivity contribution is 7.89. The van der Waals surface area contributed by atoms with Crippen LogP contribution >= 0.6 is 0 Å². The molecule has 2 N–H and O–H groups in total. The summed E-state index contributed by atoms with van der Waals surface area (Å²) in [6.07, 6.45) is 1.70. The average Bonchev–Trinajstić information content (AvgIpc) is 2.82. The van der Waals surface area contributed by atoms with Gasteiger partial charge in [-0.2, -0.15) is 4.31 Å². The maximum atomic E-state index is 13.2. The topological polar surface area (TPSA) is 105 Å². The van der Waals surface area contributed by atoms with Gasteiger partial charge in [0, 0.05) is 33.4 Å². The Morgan fingerprint density at radius 3 is 2.61 bits per heavy atom. The Labute approximate surface area is 193 Å². The number of anilines is 1. The number of halogens is 1. The molecule has 1 heterocycles. The molecule has 1 fully saturated rings. The molecule has 10 heteroatoms. The number of carbonyl (C=O) groups is 2. The molecule has 0 saturated carbocycles. The first-order chi connectivity index (χ1) is 15.8. The molecule has 2 aromatic rings. The SMILES string of the molecule is COCCCNC(=O)c1ccccc1NC(=O)[C@H]1CCCN(S(=O)(=O)c2ccc(F)cc2)C1. The molecule has 33 heavy (non-hydrogen) atoms. The van der Waals surface area contributed by atoms with Gasteiger partial charge in [-0.25, -0.2) is 12.8 Å². The highest BCUT2D eigenvalue weighted by Crippen LogP contribution is 2.25. The third kappa shape index (κ3) is 6.37. The van der Waals surface area contributed by atoms with Crippen molar-refractivity contribution in [1.82, 2.24) is 9.62 Å². The third-order valence-corrected chi connectivity index (χ3v) is 7.33. The van der Waals surface area contributed by atoms with E-state index in [9.17, 15) is 22.4 Å². The van der Waals surface area contributed by atoms with Crippen LogP contribution in [0.2, 0.25) is 0 Å². The van der Waals surface area contributed by atoms with E-state index in [1.54, 1.807) is 31.4 Å². The molecule has 0 aliphatic carbocycles. The van der Waals surface area contributed by atoms with Gasteiger partial charge in [0.05, 0.1) is 22.1 Å². The number of benzene rings is 2. The van der Waals surface area contributed by atoms with E-state index < -0.39 is 21.8 Å². The first-order valence-electron chi connectivity index (χ1n) is 10.8. The lowest BCUT2D eigenvalue weighted by Gasteiger charge is -2.31. The predicted molar refractivity (Wildman–Crippen MR) is 122 cm³/mol. The smallest absolute Gasteiger partial charge is 0.253 e. The van der Waals surface area contributed by atoms with Gasteiger partial charge in [-0.05, 0) is 55.7 Å². The van der Waals surface area contributed by atoms with Crippen LogP contribution in [0, 0.1) is 11.7 Å². The summed E-state index contributed by atoms with van der Waals surface area (Å²) in [5.74, 6) is -1.77. The van der Waals surface area contributed by atoms with Crippen LogP contribution in [0.15, 0.2) is 53.4 Å². The van der Waals surface area contributed by atoms with Gasteiger partial charge in [0.15, 0.2) is 0 Å². The van der Waals surface area contributed by atoms with Crippen LogP contribution in [-0.2, 0) is 19.6 Å². The minimum atomic E-state index is -3.84. The summed E-state index contributed by atoms with van der Waals surface area (Å²) in [6, 6.07) is 11.3. The van der Waals surface area contributed by atoms with Crippen LogP contribution in [0.1, 0.15) is 29.6 Å². The fraction of sp³-hybridized carbons (Fsp3) is 0.391. The van der Waals surface area contributed by atoms with Crippen molar-refractivity contribution in [3.63, 3.8) is 0 Å². The zero-order chi connectivity index (χ0) is 23.8. The Balaban J connectivity index is 1.67. The third-order valence-electron chi connectivity index (χ3n) is 5.45. The van der Waals surface area contributed by atoms with Crippen molar-refractivity contribution in [1.29, 1.82) is 0 Å². The Kier molecular flexibility index (Phi) is 8.54. The average molecular weight is 478 g/mol. The number of para-hydroxylation sites is 1. The molecule has 3 rings (SSSR count). The van der Waals surface area contributed by atoms with Gasteiger partial charge < -0.3 is 15.4 Å². The molecule has 178 valence electrons. The minimum absolute atomic E-state index is 0.0108. The fourth-order valence-corrected chi connectivity index (χ4v) is 5.19. The standard InChI is InChI=1S/C23H28FN3O5S/c1-32-15-5-13-25-23(29)20-7-2-3-8-21(20)26-22(28)17-6-4-14-27(16-17)33(30,31)19-11-9-18(24)10-12-19/h2-3,7-12,17H,4-6,13-16H2,1H3,(H,25,29)(H,26,28)/t17-/m0/s1. The molecule has 0 radical (unpaired) electrons. The molecule has 0 unspecified atom stereocenters. The van der Waals surface area contributed by atoms with Crippen LogP contribution in [0.4, 0.5) is 10.1 Å². The Morgan fingerprint density at radius 2 is 1.88 bits per heavy atom. The van der Waals surface area contributed by atoms with Gasteiger partial charge in [-0.15, -0.1) is 0 Å². The molecular weight excluding hydrogens is 449 g/mol. The highest BCUT2D eigenvalue weighted by atomic mass is 32.2. The lowest BCUT2D eigenvalue weighted by molar-refractivity contribution is -0.120. The van der Waals surface area contributed by atoms with E-state index >= 15 is 0 Å². The zero-order valence-corrected chi connectivity index (χ0v) is 19.2. The number of hydrogen-bond acceptors (Lipinski definition) is 5. The summed E-state index contributed by atoms with van der Waals surface area (Å²) in [6.45, 7) is 1.26. The number of nitrogens with zero attached hydrogens (tertiary/aromatic N) is 1. The maximum Gasteiger partial charge on any atom is 0.253 e. The Hall–Kier alpha value is -2.82. The molecule has 0 aromatic heterocycles. The van der Waals surface area contributed by atoms with Crippen LogP contribution < -0.4 is 10.6 Å². The van der Waals surface area contributed by atoms with Crippen molar-refractivity contribution in [2.24, 2.45) is 5.92 Å². The van der Waals surface area contributed by atoms with Crippen molar-refractivity contribution in [3.8, 4) is 0 Å². The van der Waals surface area contributed by atoms with E-state index in [-0.39, 0.29) is 29.8 Å². The van der Waals surface area contributed by atoms with Crippen LogP contribution in [0.5, 0.6) is 0 Å². The molecule has 2 amide bonds. The second kappa shape index (κ2) is 11.4. The number of hydrogen-bond donors (Lipinski definition) is 2. The fourth-order valence-electron chi connectivity index (χ4n) is 3.67. The van der Waals surface area contributed by atoms with Gasteiger partial charge in [-0.3, -0.25) is 9.59 Å². The largest absolute Gasteiger partial charge is 0.385 e. The van der Waals surface area contributed by atoms with E-state index in [0.29, 0.717) is 43.7 Å². The monoisotopic (exact) mass is 477 g/mol. The second-order valence-electron chi connectivity index (χ2n) is 7.79. The summed E-state index contributed by atoms with van der Waals surface area (Å²) in [7, 11) is -2.26.